The average Bonchev–Trinajstić information content (AvgIpc) is 2.55. The topological polar surface area (TPSA) is 32.3 Å². The second kappa shape index (κ2) is 7.48. The van der Waals surface area contributed by atoms with Crippen LogP contribution in [-0.2, 0) is 0 Å². The Morgan fingerprint density at radius 1 is 1.24 bits per heavy atom. The molecule has 0 unspecified atom stereocenters. The first-order chi connectivity index (χ1) is 10.1. The fourth-order valence-electron chi connectivity index (χ4n) is 2.94. The summed E-state index contributed by atoms with van der Waals surface area (Å²) in [5.41, 5.74) is 1.96. The van der Waals surface area contributed by atoms with Gasteiger partial charge in [0.05, 0.1) is 0 Å². The molecule has 1 aromatic carbocycles. The predicted molar refractivity (Wildman–Crippen MR) is 88.9 cm³/mol. The van der Waals surface area contributed by atoms with Crippen molar-refractivity contribution in [2.45, 2.75) is 64.5 Å². The highest BCUT2D eigenvalue weighted by Crippen LogP contribution is 2.26. The minimum absolute atomic E-state index is 0.0243. The summed E-state index contributed by atoms with van der Waals surface area (Å²) >= 11 is 0. The van der Waals surface area contributed by atoms with E-state index < -0.39 is 0 Å². The first-order valence-corrected chi connectivity index (χ1v) is 8.25. The molecule has 0 spiro atoms. The molecule has 3 heteroatoms. The zero-order valence-corrected chi connectivity index (χ0v) is 13.6. The number of hydrogen-bond acceptors (Lipinski definition) is 2. The van der Waals surface area contributed by atoms with E-state index in [1.165, 1.54) is 37.8 Å². The van der Waals surface area contributed by atoms with Gasteiger partial charge in [-0.05, 0) is 50.5 Å². The van der Waals surface area contributed by atoms with Crippen LogP contribution < -0.4 is 10.2 Å². The van der Waals surface area contributed by atoms with Gasteiger partial charge in [-0.25, -0.2) is 0 Å². The van der Waals surface area contributed by atoms with Gasteiger partial charge in [-0.2, -0.15) is 0 Å². The SMILES string of the molecule is CC[C@@H](C)NC(=O)c1ccc(N(C)C2CCCCC2)cc1. The van der Waals surface area contributed by atoms with Crippen LogP contribution in [0.15, 0.2) is 24.3 Å². The van der Waals surface area contributed by atoms with E-state index in [2.05, 4.69) is 36.3 Å². The number of carbonyl (C=O) groups excluding carboxylic acids is 1. The first-order valence-electron chi connectivity index (χ1n) is 8.25. The number of benzene rings is 1. The summed E-state index contributed by atoms with van der Waals surface area (Å²) in [5, 5.41) is 3.01. The molecule has 0 radical (unpaired) electrons. The van der Waals surface area contributed by atoms with Gasteiger partial charge in [-0.1, -0.05) is 26.2 Å². The van der Waals surface area contributed by atoms with Crippen molar-refractivity contribution in [3.05, 3.63) is 29.8 Å². The molecule has 0 heterocycles. The summed E-state index contributed by atoms with van der Waals surface area (Å²) in [6.45, 7) is 4.11. The number of rotatable bonds is 5. The van der Waals surface area contributed by atoms with Crippen LogP contribution in [0.5, 0.6) is 0 Å². The fourth-order valence-corrected chi connectivity index (χ4v) is 2.94. The Morgan fingerprint density at radius 2 is 1.86 bits per heavy atom. The Morgan fingerprint density at radius 3 is 2.43 bits per heavy atom. The molecule has 0 aliphatic heterocycles. The molecule has 1 aromatic rings. The predicted octanol–water partition coefficient (Wildman–Crippen LogP) is 3.98. The van der Waals surface area contributed by atoms with Gasteiger partial charge in [0.1, 0.15) is 0 Å². The van der Waals surface area contributed by atoms with Crippen molar-refractivity contribution in [3.63, 3.8) is 0 Å². The third-order valence-corrected chi connectivity index (χ3v) is 4.65. The van der Waals surface area contributed by atoms with Crippen molar-refractivity contribution >= 4 is 11.6 Å². The lowest BCUT2D eigenvalue weighted by atomic mass is 9.94. The Bertz CT molecular complexity index is 449. The molecule has 0 aromatic heterocycles. The molecule has 3 nitrogen and oxygen atoms in total. The third-order valence-electron chi connectivity index (χ3n) is 4.65. The van der Waals surface area contributed by atoms with Gasteiger partial charge in [0.15, 0.2) is 0 Å². The molecular weight excluding hydrogens is 260 g/mol. The molecule has 116 valence electrons. The van der Waals surface area contributed by atoms with Crippen LogP contribution in [0.2, 0.25) is 0 Å². The molecule has 1 fully saturated rings. The summed E-state index contributed by atoms with van der Waals surface area (Å²) in [6, 6.07) is 8.89. The summed E-state index contributed by atoms with van der Waals surface area (Å²) in [6.07, 6.45) is 7.57. The van der Waals surface area contributed by atoms with Crippen molar-refractivity contribution in [2.24, 2.45) is 0 Å². The smallest absolute Gasteiger partial charge is 0.251 e. The van der Waals surface area contributed by atoms with E-state index in [0.29, 0.717) is 6.04 Å². The summed E-state index contributed by atoms with van der Waals surface area (Å²) in [4.78, 5) is 14.4. The maximum Gasteiger partial charge on any atom is 0.251 e. The van der Waals surface area contributed by atoms with E-state index in [0.717, 1.165) is 12.0 Å². The molecule has 0 saturated heterocycles. The number of amides is 1. The average molecular weight is 288 g/mol. The van der Waals surface area contributed by atoms with Crippen LogP contribution in [0.25, 0.3) is 0 Å². The molecule has 1 aliphatic rings. The molecular formula is C18H28N2O. The highest BCUT2D eigenvalue weighted by molar-refractivity contribution is 5.94. The minimum Gasteiger partial charge on any atom is -0.372 e. The van der Waals surface area contributed by atoms with Gasteiger partial charge < -0.3 is 10.2 Å². The normalized spacial score (nSPS) is 17.3. The number of carbonyl (C=O) groups is 1. The summed E-state index contributed by atoms with van der Waals surface area (Å²) in [5.74, 6) is 0.0243. The van der Waals surface area contributed by atoms with E-state index in [1.807, 2.05) is 19.1 Å². The minimum atomic E-state index is 0.0243. The van der Waals surface area contributed by atoms with Crippen molar-refractivity contribution in [2.75, 3.05) is 11.9 Å². The van der Waals surface area contributed by atoms with Crippen molar-refractivity contribution in [1.82, 2.24) is 5.32 Å². The zero-order chi connectivity index (χ0) is 15.2. The van der Waals surface area contributed by atoms with E-state index in [-0.39, 0.29) is 11.9 Å². The van der Waals surface area contributed by atoms with Gasteiger partial charge in [0, 0.05) is 30.4 Å². The molecule has 21 heavy (non-hydrogen) atoms. The molecule has 1 saturated carbocycles. The number of hydrogen-bond donors (Lipinski definition) is 1. The van der Waals surface area contributed by atoms with E-state index in [1.54, 1.807) is 0 Å². The summed E-state index contributed by atoms with van der Waals surface area (Å²) in [7, 11) is 2.17. The molecule has 1 aliphatic carbocycles. The van der Waals surface area contributed by atoms with Gasteiger partial charge in [0.2, 0.25) is 0 Å². The standard InChI is InChI=1S/C18H28N2O/c1-4-14(2)19-18(21)15-10-12-17(13-11-15)20(3)16-8-6-5-7-9-16/h10-14,16H,4-9H2,1-3H3,(H,19,21)/t14-/m1/s1. The molecule has 2 rings (SSSR count). The Hall–Kier alpha value is -1.51. The monoisotopic (exact) mass is 288 g/mol. The number of anilines is 1. The van der Waals surface area contributed by atoms with Crippen LogP contribution >= 0.6 is 0 Å². The molecule has 1 amide bonds. The molecule has 1 N–H and O–H groups in total. The van der Waals surface area contributed by atoms with Gasteiger partial charge >= 0.3 is 0 Å². The second-order valence-corrected chi connectivity index (χ2v) is 6.23. The highest BCUT2D eigenvalue weighted by atomic mass is 16.1. The lowest BCUT2D eigenvalue weighted by Gasteiger charge is -2.33. The maximum absolute atomic E-state index is 12.1. The molecule has 0 bridgehead atoms. The Labute approximate surface area is 128 Å². The van der Waals surface area contributed by atoms with Crippen LogP contribution in [0.4, 0.5) is 5.69 Å². The fraction of sp³-hybridized carbons (Fsp3) is 0.611. The van der Waals surface area contributed by atoms with Gasteiger partial charge in [-0.3, -0.25) is 4.79 Å². The lowest BCUT2D eigenvalue weighted by molar-refractivity contribution is 0.0939. The number of nitrogens with zero attached hydrogens (tertiary/aromatic N) is 1. The van der Waals surface area contributed by atoms with Crippen LogP contribution in [0.3, 0.4) is 0 Å². The van der Waals surface area contributed by atoms with Gasteiger partial charge in [0.25, 0.3) is 5.91 Å². The first kappa shape index (κ1) is 15.9. The Balaban J connectivity index is 1.99. The largest absolute Gasteiger partial charge is 0.372 e. The van der Waals surface area contributed by atoms with E-state index in [9.17, 15) is 4.79 Å². The van der Waals surface area contributed by atoms with Crippen LogP contribution in [-0.4, -0.2) is 25.0 Å². The second-order valence-electron chi connectivity index (χ2n) is 6.23. The van der Waals surface area contributed by atoms with Crippen molar-refractivity contribution < 1.29 is 4.79 Å². The van der Waals surface area contributed by atoms with Crippen LogP contribution in [0, 0.1) is 0 Å². The quantitative estimate of drug-likeness (QED) is 0.888. The van der Waals surface area contributed by atoms with Gasteiger partial charge in [-0.15, -0.1) is 0 Å². The Kier molecular flexibility index (Phi) is 5.66. The van der Waals surface area contributed by atoms with Crippen molar-refractivity contribution in [1.29, 1.82) is 0 Å². The summed E-state index contributed by atoms with van der Waals surface area (Å²) < 4.78 is 0. The maximum atomic E-state index is 12.1. The zero-order valence-electron chi connectivity index (χ0n) is 13.6. The van der Waals surface area contributed by atoms with Crippen LogP contribution in [0.1, 0.15) is 62.7 Å². The third kappa shape index (κ3) is 4.23. The highest BCUT2D eigenvalue weighted by Gasteiger charge is 2.18. The lowest BCUT2D eigenvalue weighted by Crippen LogP contribution is -2.33. The molecule has 1 atom stereocenters. The number of nitrogens with one attached hydrogen (secondary N) is 1. The van der Waals surface area contributed by atoms with Crippen molar-refractivity contribution in [3.8, 4) is 0 Å². The van der Waals surface area contributed by atoms with E-state index >= 15 is 0 Å². The van der Waals surface area contributed by atoms with E-state index in [4.69, 9.17) is 0 Å².